The van der Waals surface area contributed by atoms with E-state index in [9.17, 15) is 0 Å². The minimum absolute atomic E-state index is 0.937. The third-order valence-electron chi connectivity index (χ3n) is 1.000. The fourth-order valence-corrected chi connectivity index (χ4v) is 1.14. The van der Waals surface area contributed by atoms with Crippen molar-refractivity contribution in [2.24, 2.45) is 0 Å². The summed E-state index contributed by atoms with van der Waals surface area (Å²) in [5, 5.41) is 0. The van der Waals surface area contributed by atoms with Gasteiger partial charge in [-0.2, -0.15) is 0 Å². The minimum Gasteiger partial charge on any atom is -0.148 e. The van der Waals surface area contributed by atoms with Crippen LogP contribution < -0.4 is 0 Å². The Morgan fingerprint density at radius 2 is 1.90 bits per heavy atom. The van der Waals surface area contributed by atoms with Crippen LogP contribution in [0.5, 0.6) is 0 Å². The lowest BCUT2D eigenvalue weighted by Crippen LogP contribution is -1.78. The molecule has 1 aliphatic heterocycles. The summed E-state index contributed by atoms with van der Waals surface area (Å²) in [6, 6.07) is 0. The van der Waals surface area contributed by atoms with E-state index < -0.39 is 0 Å². The second kappa shape index (κ2) is 5.03. The molecule has 0 unspecified atom stereocenters. The van der Waals surface area contributed by atoms with Crippen LogP contribution in [0, 0.1) is 23.7 Å². The average molecular weight is 148 g/mol. The average Bonchev–Trinajstić information content (AvgIpc) is 2.01. The minimum atomic E-state index is 0.937. The van der Waals surface area contributed by atoms with E-state index in [1.54, 1.807) is 6.08 Å². The van der Waals surface area contributed by atoms with Gasteiger partial charge in [0, 0.05) is 12.2 Å². The molecule has 0 atom stereocenters. The fourth-order valence-electron chi connectivity index (χ4n) is 0.561. The van der Waals surface area contributed by atoms with E-state index >= 15 is 0 Å². The van der Waals surface area contributed by atoms with Gasteiger partial charge in [-0.05, 0) is 12.2 Å². The molecular weight excluding hydrogens is 140 g/mol. The molecule has 0 radical (unpaired) electrons. The molecular formula is C9H8S. The van der Waals surface area contributed by atoms with Crippen LogP contribution in [-0.4, -0.2) is 11.5 Å². The van der Waals surface area contributed by atoms with Crippen LogP contribution in [0.4, 0.5) is 0 Å². The maximum atomic E-state index is 3.03. The van der Waals surface area contributed by atoms with Gasteiger partial charge >= 0.3 is 0 Å². The van der Waals surface area contributed by atoms with Crippen LogP contribution in [-0.2, 0) is 0 Å². The molecule has 50 valence electrons. The van der Waals surface area contributed by atoms with Gasteiger partial charge in [0.15, 0.2) is 0 Å². The van der Waals surface area contributed by atoms with Crippen molar-refractivity contribution in [1.29, 1.82) is 0 Å². The van der Waals surface area contributed by atoms with Gasteiger partial charge in [0.05, 0.1) is 5.75 Å². The molecule has 0 fully saturated rings. The van der Waals surface area contributed by atoms with E-state index in [2.05, 4.69) is 23.7 Å². The summed E-state index contributed by atoms with van der Waals surface area (Å²) in [5.41, 5.74) is 0. The first-order chi connectivity index (χ1) is 5.00. The van der Waals surface area contributed by atoms with Crippen molar-refractivity contribution in [3.63, 3.8) is 0 Å². The predicted molar refractivity (Wildman–Crippen MR) is 46.6 cm³/mol. The molecule has 0 spiro atoms. The first-order valence-electron chi connectivity index (χ1n) is 3.20. The molecule has 0 N–H and O–H groups in total. The molecule has 0 aromatic heterocycles. The monoisotopic (exact) mass is 148 g/mol. The second-order valence-electron chi connectivity index (χ2n) is 1.78. The van der Waals surface area contributed by atoms with Crippen LogP contribution in [0.3, 0.4) is 0 Å². The molecule has 0 aliphatic carbocycles. The topological polar surface area (TPSA) is 0 Å². The SMILES string of the molecule is C1#CCCSCC#C/C=C\1. The Labute approximate surface area is 66.1 Å². The van der Waals surface area contributed by atoms with Crippen molar-refractivity contribution in [1.82, 2.24) is 0 Å². The third-order valence-corrected chi connectivity index (χ3v) is 1.84. The van der Waals surface area contributed by atoms with Crippen molar-refractivity contribution < 1.29 is 0 Å². The Bertz CT molecular complexity index is 203. The molecule has 0 aromatic rings. The van der Waals surface area contributed by atoms with E-state index in [4.69, 9.17) is 0 Å². The first-order valence-corrected chi connectivity index (χ1v) is 4.35. The van der Waals surface area contributed by atoms with E-state index in [0.29, 0.717) is 0 Å². The molecule has 0 nitrogen and oxygen atoms in total. The van der Waals surface area contributed by atoms with E-state index in [1.165, 1.54) is 0 Å². The lowest BCUT2D eigenvalue weighted by Gasteiger charge is -1.88. The first kappa shape index (κ1) is 7.32. The summed E-state index contributed by atoms with van der Waals surface area (Å²) in [4.78, 5) is 0. The summed E-state index contributed by atoms with van der Waals surface area (Å²) in [6.45, 7) is 0. The van der Waals surface area contributed by atoms with Crippen molar-refractivity contribution in [3.05, 3.63) is 12.2 Å². The molecule has 0 amide bonds. The van der Waals surface area contributed by atoms with Crippen LogP contribution in [0.15, 0.2) is 12.2 Å². The Balaban J connectivity index is 2.51. The summed E-state index contributed by atoms with van der Waals surface area (Å²) >= 11 is 1.84. The number of hydrogen-bond donors (Lipinski definition) is 0. The highest BCUT2D eigenvalue weighted by molar-refractivity contribution is 7.99. The van der Waals surface area contributed by atoms with Gasteiger partial charge in [-0.25, -0.2) is 0 Å². The fraction of sp³-hybridized carbons (Fsp3) is 0.333. The zero-order valence-corrected chi connectivity index (χ0v) is 6.50. The molecule has 10 heavy (non-hydrogen) atoms. The van der Waals surface area contributed by atoms with Gasteiger partial charge < -0.3 is 0 Å². The summed E-state index contributed by atoms with van der Waals surface area (Å²) < 4.78 is 0. The van der Waals surface area contributed by atoms with Gasteiger partial charge in [0.2, 0.25) is 0 Å². The highest BCUT2D eigenvalue weighted by Gasteiger charge is 1.82. The number of allylic oxidation sites excluding steroid dienone is 2. The zero-order chi connectivity index (χ0) is 7.07. The van der Waals surface area contributed by atoms with Crippen LogP contribution in [0.2, 0.25) is 0 Å². The van der Waals surface area contributed by atoms with Crippen molar-refractivity contribution in [2.45, 2.75) is 6.42 Å². The van der Waals surface area contributed by atoms with E-state index in [-0.39, 0.29) is 0 Å². The standard InChI is InChI=1S/C9H8S/c1-2-4-6-8-10-9-7-5-3-1/h1-2H,7-9H2/b2-1-. The molecule has 0 saturated heterocycles. The quantitative estimate of drug-likeness (QED) is 0.471. The van der Waals surface area contributed by atoms with Crippen molar-refractivity contribution in [3.8, 4) is 23.7 Å². The highest BCUT2D eigenvalue weighted by Crippen LogP contribution is 1.99. The lowest BCUT2D eigenvalue weighted by atomic mass is 10.4. The number of hydrogen-bond acceptors (Lipinski definition) is 1. The normalized spacial score (nSPS) is 19.2. The van der Waals surface area contributed by atoms with Gasteiger partial charge in [0.1, 0.15) is 0 Å². The lowest BCUT2D eigenvalue weighted by molar-refractivity contribution is 1.30. The number of rotatable bonds is 0. The predicted octanol–water partition coefficient (Wildman–Crippen LogP) is 1.69. The maximum Gasteiger partial charge on any atom is 0.0551 e. The Morgan fingerprint density at radius 3 is 2.80 bits per heavy atom. The second-order valence-corrected chi connectivity index (χ2v) is 2.88. The number of thioether (sulfide) groups is 1. The van der Waals surface area contributed by atoms with Crippen LogP contribution in [0.25, 0.3) is 0 Å². The molecule has 1 heteroatoms. The van der Waals surface area contributed by atoms with E-state index in [0.717, 1.165) is 17.9 Å². The smallest absolute Gasteiger partial charge is 0.0551 e. The molecule has 1 aliphatic rings. The Kier molecular flexibility index (Phi) is 3.68. The maximum absolute atomic E-state index is 3.03. The summed E-state index contributed by atoms with van der Waals surface area (Å²) in [6.07, 6.45) is 4.60. The molecule has 0 aromatic carbocycles. The molecule has 1 rings (SSSR count). The molecule has 0 bridgehead atoms. The van der Waals surface area contributed by atoms with Gasteiger partial charge in [-0.3, -0.25) is 0 Å². The highest BCUT2D eigenvalue weighted by atomic mass is 32.2. The van der Waals surface area contributed by atoms with Gasteiger partial charge in [-0.15, -0.1) is 11.8 Å². The third kappa shape index (κ3) is 3.28. The Hall–Kier alpha value is -0.790. The van der Waals surface area contributed by atoms with Crippen LogP contribution >= 0.6 is 11.8 Å². The van der Waals surface area contributed by atoms with Crippen molar-refractivity contribution in [2.75, 3.05) is 11.5 Å². The molecule has 1 heterocycles. The largest absolute Gasteiger partial charge is 0.148 e. The summed E-state index contributed by atoms with van der Waals surface area (Å²) in [7, 11) is 0. The zero-order valence-electron chi connectivity index (χ0n) is 5.68. The van der Waals surface area contributed by atoms with E-state index in [1.807, 2.05) is 17.8 Å². The van der Waals surface area contributed by atoms with Crippen molar-refractivity contribution >= 4 is 11.8 Å². The Morgan fingerprint density at radius 1 is 1.10 bits per heavy atom. The van der Waals surface area contributed by atoms with Gasteiger partial charge in [0.25, 0.3) is 0 Å². The summed E-state index contributed by atoms with van der Waals surface area (Å²) in [5.74, 6) is 13.9. The molecule has 0 saturated carbocycles. The van der Waals surface area contributed by atoms with Crippen LogP contribution in [0.1, 0.15) is 6.42 Å². The van der Waals surface area contributed by atoms with Gasteiger partial charge in [-0.1, -0.05) is 23.7 Å².